The smallest absolute Gasteiger partial charge is 0.330 e. The normalized spacial score (nSPS) is 16.2. The first-order chi connectivity index (χ1) is 21.0. The molecule has 3 N–H and O–H groups in total. The molecule has 1 amide bonds. The molecule has 44 heavy (non-hydrogen) atoms. The van der Waals surface area contributed by atoms with E-state index in [1.807, 2.05) is 19.1 Å². The number of nitrogens with zero attached hydrogens (tertiary/aromatic N) is 2. The molecule has 0 aliphatic carbocycles. The molecule has 1 saturated heterocycles. The molecular weight excluding hydrogens is 591 g/mol. The second-order valence-corrected chi connectivity index (χ2v) is 11.0. The number of carbonyl (C=O) groups excluding carboxylic acids is 1. The van der Waals surface area contributed by atoms with Crippen LogP contribution in [0.3, 0.4) is 0 Å². The molecule has 10 nitrogen and oxygen atoms in total. The van der Waals surface area contributed by atoms with Gasteiger partial charge in [0.2, 0.25) is 0 Å². The Morgan fingerprint density at radius 1 is 1.11 bits per heavy atom. The Morgan fingerprint density at radius 2 is 1.82 bits per heavy atom. The van der Waals surface area contributed by atoms with Crippen molar-refractivity contribution in [1.29, 1.82) is 0 Å². The number of aryl methyl sites for hydroxylation is 1. The number of aromatic nitrogens is 2. The number of hydrogen-bond acceptors (Lipinski definition) is 7. The number of aliphatic hydroxyl groups is 1. The van der Waals surface area contributed by atoms with Gasteiger partial charge in [0, 0.05) is 49.2 Å². The Bertz CT molecular complexity index is 1870. The highest BCUT2D eigenvalue weighted by molar-refractivity contribution is 6.36. The molecule has 0 unspecified atom stereocenters. The third kappa shape index (κ3) is 5.91. The third-order valence-electron chi connectivity index (χ3n) is 7.84. The van der Waals surface area contributed by atoms with E-state index in [4.69, 9.17) is 21.1 Å². The summed E-state index contributed by atoms with van der Waals surface area (Å²) in [5.74, 6) is -0.826. The highest BCUT2D eigenvalue weighted by Crippen LogP contribution is 2.40. The predicted octanol–water partition coefficient (Wildman–Crippen LogP) is 3.63. The number of carbonyl (C=O) groups is 1. The molecular formula is C32H32ClFN4O6. The van der Waals surface area contributed by atoms with Gasteiger partial charge in [-0.15, -0.1) is 0 Å². The Balaban J connectivity index is 1.46. The minimum absolute atomic E-state index is 0.136. The van der Waals surface area contributed by atoms with E-state index in [1.54, 1.807) is 30.3 Å². The molecule has 0 radical (unpaired) electrons. The fraction of sp³-hybridized carbons (Fsp3) is 0.281. The highest BCUT2D eigenvalue weighted by atomic mass is 35.5. The lowest BCUT2D eigenvalue weighted by Crippen LogP contribution is -2.40. The summed E-state index contributed by atoms with van der Waals surface area (Å²) < 4.78 is 28.3. The molecule has 230 valence electrons. The molecule has 0 bridgehead atoms. The summed E-state index contributed by atoms with van der Waals surface area (Å²) in [6, 6.07) is 13.5. The van der Waals surface area contributed by atoms with E-state index in [0.29, 0.717) is 56.4 Å². The molecule has 12 heteroatoms. The molecule has 1 fully saturated rings. The molecule has 2 atom stereocenters. The maximum Gasteiger partial charge on any atom is 0.330 e. The Hall–Kier alpha value is -4.29. The molecule has 5 rings (SSSR count). The maximum absolute atomic E-state index is 15.4. The van der Waals surface area contributed by atoms with Gasteiger partial charge in [-0.3, -0.25) is 14.2 Å². The monoisotopic (exact) mass is 622 g/mol. The van der Waals surface area contributed by atoms with Crippen LogP contribution in [0.5, 0.6) is 5.75 Å². The number of methoxy groups -OCH3 is 1. The van der Waals surface area contributed by atoms with E-state index in [9.17, 15) is 19.5 Å². The second kappa shape index (κ2) is 12.7. The average Bonchev–Trinajstić information content (AvgIpc) is 3.42. The van der Waals surface area contributed by atoms with Crippen LogP contribution in [-0.2, 0) is 25.4 Å². The van der Waals surface area contributed by atoms with Crippen LogP contribution in [-0.4, -0.2) is 52.6 Å². The fourth-order valence-electron chi connectivity index (χ4n) is 5.27. The van der Waals surface area contributed by atoms with Crippen LogP contribution in [0.25, 0.3) is 22.3 Å². The zero-order valence-electron chi connectivity index (χ0n) is 24.6. The van der Waals surface area contributed by atoms with Crippen LogP contribution in [0.4, 0.5) is 10.1 Å². The Morgan fingerprint density at radius 3 is 2.52 bits per heavy atom. The molecule has 4 aromatic rings. The van der Waals surface area contributed by atoms with E-state index >= 15 is 4.39 Å². The largest absolute Gasteiger partial charge is 0.496 e. The van der Waals surface area contributed by atoms with Crippen LogP contribution in [0, 0.1) is 12.7 Å². The number of amides is 1. The number of anilines is 1. The number of aliphatic hydroxyl groups excluding tert-OH is 1. The van der Waals surface area contributed by atoms with Crippen LogP contribution < -0.4 is 26.6 Å². The SMILES string of the molecule is COc1cc(-c2cccc(-c3cccc(NC(=O)c4cn(C)c(=O)n(C)c4=O)c3C)c2Cl)cc(F)c1CN[C@@H]1COC[C@H]1O. The number of hydrogen-bond donors (Lipinski definition) is 3. The molecule has 2 heterocycles. The van der Waals surface area contributed by atoms with Crippen molar-refractivity contribution in [3.63, 3.8) is 0 Å². The highest BCUT2D eigenvalue weighted by Gasteiger charge is 2.26. The minimum atomic E-state index is -0.704. The van der Waals surface area contributed by atoms with E-state index in [-0.39, 0.29) is 24.8 Å². The minimum Gasteiger partial charge on any atom is -0.496 e. The lowest BCUT2D eigenvalue weighted by atomic mass is 9.94. The lowest BCUT2D eigenvalue weighted by Gasteiger charge is -2.18. The molecule has 1 aromatic heterocycles. The Labute approximate surface area is 257 Å². The molecule has 0 spiro atoms. The van der Waals surface area contributed by atoms with Gasteiger partial charge in [-0.1, -0.05) is 41.9 Å². The van der Waals surface area contributed by atoms with E-state index in [0.717, 1.165) is 4.57 Å². The summed E-state index contributed by atoms with van der Waals surface area (Å²) in [6.45, 7) is 2.51. The lowest BCUT2D eigenvalue weighted by molar-refractivity contribution is 0.102. The van der Waals surface area contributed by atoms with Crippen molar-refractivity contribution in [2.45, 2.75) is 25.6 Å². The van der Waals surface area contributed by atoms with Crippen LogP contribution in [0.2, 0.25) is 5.02 Å². The quantitative estimate of drug-likeness (QED) is 0.274. The third-order valence-corrected chi connectivity index (χ3v) is 8.25. The molecule has 1 aliphatic rings. The summed E-state index contributed by atoms with van der Waals surface area (Å²) in [5, 5.41) is 16.3. The number of nitrogens with one attached hydrogen (secondary N) is 2. The van der Waals surface area contributed by atoms with Gasteiger partial charge in [0.25, 0.3) is 11.5 Å². The predicted molar refractivity (Wildman–Crippen MR) is 166 cm³/mol. The summed E-state index contributed by atoms with van der Waals surface area (Å²) in [5.41, 5.74) is 2.47. The van der Waals surface area contributed by atoms with Crippen molar-refractivity contribution in [1.82, 2.24) is 14.5 Å². The van der Waals surface area contributed by atoms with Gasteiger partial charge in [0.15, 0.2) is 0 Å². The van der Waals surface area contributed by atoms with Crippen molar-refractivity contribution >= 4 is 23.2 Å². The fourth-order valence-corrected chi connectivity index (χ4v) is 5.61. The van der Waals surface area contributed by atoms with Crippen LogP contribution >= 0.6 is 11.6 Å². The number of ether oxygens (including phenoxy) is 2. The van der Waals surface area contributed by atoms with E-state index in [2.05, 4.69) is 10.6 Å². The summed E-state index contributed by atoms with van der Waals surface area (Å²) in [6.07, 6.45) is 0.543. The first-order valence-corrected chi connectivity index (χ1v) is 14.2. The summed E-state index contributed by atoms with van der Waals surface area (Å²) in [7, 11) is 4.23. The van der Waals surface area contributed by atoms with Crippen molar-refractivity contribution in [3.05, 3.63) is 103 Å². The van der Waals surface area contributed by atoms with Gasteiger partial charge in [-0.2, -0.15) is 0 Å². The summed E-state index contributed by atoms with van der Waals surface area (Å²) >= 11 is 6.94. The van der Waals surface area contributed by atoms with Crippen LogP contribution in [0.1, 0.15) is 21.5 Å². The van der Waals surface area contributed by atoms with Crippen LogP contribution in [0.15, 0.2) is 64.3 Å². The standard InChI is InChI=1S/C32H32ClFN4O6/c1-17-19(7-6-10-25(17)36-30(40)23-14-37(2)32(42)38(3)31(23)41)21-9-5-8-20(29(21)33)18-11-24(34)22(28(12-18)43-4)13-35-26-15-44-16-27(26)39/h5-12,14,26-27,35,39H,13,15-16H2,1-4H3,(H,36,40)/t26-,27-/m1/s1. The van der Waals surface area contributed by atoms with E-state index in [1.165, 1.54) is 38.0 Å². The van der Waals surface area contributed by atoms with Gasteiger partial charge in [-0.05, 0) is 41.8 Å². The van der Waals surface area contributed by atoms with Crippen molar-refractivity contribution in [2.24, 2.45) is 14.1 Å². The number of benzene rings is 3. The topological polar surface area (TPSA) is 124 Å². The molecule has 3 aromatic carbocycles. The van der Waals surface area contributed by atoms with Crippen molar-refractivity contribution in [2.75, 3.05) is 25.6 Å². The van der Waals surface area contributed by atoms with Gasteiger partial charge in [-0.25, -0.2) is 9.18 Å². The number of rotatable bonds is 8. The van der Waals surface area contributed by atoms with Gasteiger partial charge in [0.05, 0.1) is 37.5 Å². The summed E-state index contributed by atoms with van der Waals surface area (Å²) in [4.78, 5) is 37.7. The van der Waals surface area contributed by atoms with Gasteiger partial charge < -0.3 is 29.8 Å². The van der Waals surface area contributed by atoms with Crippen molar-refractivity contribution < 1.29 is 23.8 Å². The average molecular weight is 623 g/mol. The first kappa shape index (κ1) is 31.1. The Kier molecular flexibility index (Phi) is 9.02. The number of halogens is 2. The van der Waals surface area contributed by atoms with Gasteiger partial charge in [0.1, 0.15) is 17.1 Å². The zero-order valence-corrected chi connectivity index (χ0v) is 25.4. The van der Waals surface area contributed by atoms with E-state index < -0.39 is 29.1 Å². The van der Waals surface area contributed by atoms with Crippen molar-refractivity contribution in [3.8, 4) is 28.0 Å². The molecule has 0 saturated carbocycles. The first-order valence-electron chi connectivity index (χ1n) is 13.8. The molecule has 1 aliphatic heterocycles. The van der Waals surface area contributed by atoms with Gasteiger partial charge >= 0.3 is 5.69 Å². The second-order valence-electron chi connectivity index (χ2n) is 10.6. The zero-order chi connectivity index (χ0) is 31.7. The maximum atomic E-state index is 15.4.